The lowest BCUT2D eigenvalue weighted by Crippen LogP contribution is -2.28. The third kappa shape index (κ3) is 5.17. The second-order valence-electron chi connectivity index (χ2n) is 4.73. The van der Waals surface area contributed by atoms with Gasteiger partial charge in [-0.15, -0.1) is 23.2 Å². The fourth-order valence-corrected chi connectivity index (χ4v) is 2.82. The number of ether oxygens (including phenoxy) is 1. The smallest absolute Gasteiger partial charge is 0.0466 e. The summed E-state index contributed by atoms with van der Waals surface area (Å²) in [4.78, 5) is 0. The van der Waals surface area contributed by atoms with Gasteiger partial charge < -0.3 is 4.74 Å². The number of alkyl halides is 2. The molecule has 1 aromatic rings. The molecule has 3 heteroatoms. The van der Waals surface area contributed by atoms with Gasteiger partial charge in [-0.1, -0.05) is 30.3 Å². The van der Waals surface area contributed by atoms with E-state index in [4.69, 9.17) is 27.9 Å². The Morgan fingerprint density at radius 3 is 2.33 bits per heavy atom. The Hall–Kier alpha value is -0.240. The Labute approximate surface area is 120 Å². The molecule has 0 radical (unpaired) electrons. The molecule has 0 bridgehead atoms. The van der Waals surface area contributed by atoms with E-state index in [1.165, 1.54) is 5.56 Å². The van der Waals surface area contributed by atoms with E-state index in [1.807, 2.05) is 13.0 Å². The summed E-state index contributed by atoms with van der Waals surface area (Å²) in [6.45, 7) is 3.58. The molecule has 0 spiro atoms. The predicted molar refractivity (Wildman–Crippen MR) is 79.7 cm³/mol. The Bertz CT molecular complexity index is 310. The lowest BCUT2D eigenvalue weighted by Gasteiger charge is -2.29. The second kappa shape index (κ2) is 8.79. The molecule has 0 N–H and O–H groups in total. The summed E-state index contributed by atoms with van der Waals surface area (Å²) in [5, 5.41) is 0. The first kappa shape index (κ1) is 15.8. The van der Waals surface area contributed by atoms with Crippen molar-refractivity contribution < 1.29 is 4.74 Å². The molecular weight excluding hydrogens is 267 g/mol. The molecule has 18 heavy (non-hydrogen) atoms. The minimum Gasteiger partial charge on any atom is -0.382 e. The molecule has 1 aromatic carbocycles. The van der Waals surface area contributed by atoms with E-state index in [1.54, 1.807) is 0 Å². The van der Waals surface area contributed by atoms with Crippen LogP contribution in [-0.4, -0.2) is 25.0 Å². The van der Waals surface area contributed by atoms with Gasteiger partial charge in [0.1, 0.15) is 0 Å². The molecule has 102 valence electrons. The maximum Gasteiger partial charge on any atom is 0.0466 e. The van der Waals surface area contributed by atoms with E-state index in [2.05, 4.69) is 24.3 Å². The lowest BCUT2D eigenvalue weighted by molar-refractivity contribution is 0.133. The standard InChI is InChI=1S/C15H22Cl2O/c1-2-18-10-6-9-15(12-16,13-17)11-14-7-4-3-5-8-14/h3-5,7-8H,2,6,9-13H2,1H3. The van der Waals surface area contributed by atoms with Gasteiger partial charge in [0.2, 0.25) is 0 Å². The van der Waals surface area contributed by atoms with Crippen LogP contribution in [0.2, 0.25) is 0 Å². The maximum absolute atomic E-state index is 6.16. The van der Waals surface area contributed by atoms with Gasteiger partial charge in [-0.2, -0.15) is 0 Å². The number of hydrogen-bond donors (Lipinski definition) is 0. The third-order valence-electron chi connectivity index (χ3n) is 3.19. The number of hydrogen-bond acceptors (Lipinski definition) is 1. The van der Waals surface area contributed by atoms with Crippen LogP contribution in [0.15, 0.2) is 30.3 Å². The minimum absolute atomic E-state index is 0.0123. The average Bonchev–Trinajstić information content (AvgIpc) is 2.43. The number of benzene rings is 1. The zero-order chi connectivity index (χ0) is 13.3. The summed E-state index contributed by atoms with van der Waals surface area (Å²) in [5.41, 5.74) is 1.29. The van der Waals surface area contributed by atoms with Crippen molar-refractivity contribution in [2.75, 3.05) is 25.0 Å². The summed E-state index contributed by atoms with van der Waals surface area (Å²) in [7, 11) is 0. The van der Waals surface area contributed by atoms with Crippen LogP contribution in [0.3, 0.4) is 0 Å². The lowest BCUT2D eigenvalue weighted by atomic mass is 9.81. The summed E-state index contributed by atoms with van der Waals surface area (Å²) < 4.78 is 5.38. The van der Waals surface area contributed by atoms with Crippen molar-refractivity contribution in [3.05, 3.63) is 35.9 Å². The van der Waals surface area contributed by atoms with Gasteiger partial charge in [-0.05, 0) is 31.7 Å². The first-order valence-corrected chi connectivity index (χ1v) is 7.57. The Morgan fingerprint density at radius 2 is 1.78 bits per heavy atom. The highest BCUT2D eigenvalue weighted by atomic mass is 35.5. The molecular formula is C15H22Cl2O. The SMILES string of the molecule is CCOCCCC(CCl)(CCl)Cc1ccccc1. The maximum atomic E-state index is 6.16. The van der Waals surface area contributed by atoms with Gasteiger partial charge >= 0.3 is 0 Å². The summed E-state index contributed by atoms with van der Waals surface area (Å²) in [6, 6.07) is 10.4. The molecule has 0 amide bonds. The summed E-state index contributed by atoms with van der Waals surface area (Å²) in [5.74, 6) is 1.19. The van der Waals surface area contributed by atoms with E-state index < -0.39 is 0 Å². The van der Waals surface area contributed by atoms with Crippen molar-refractivity contribution in [2.45, 2.75) is 26.2 Å². The fourth-order valence-electron chi connectivity index (χ4n) is 2.07. The van der Waals surface area contributed by atoms with Crippen molar-refractivity contribution >= 4 is 23.2 Å². The zero-order valence-corrected chi connectivity index (χ0v) is 12.5. The van der Waals surface area contributed by atoms with Gasteiger partial charge in [-0.3, -0.25) is 0 Å². The molecule has 0 atom stereocenters. The van der Waals surface area contributed by atoms with Crippen LogP contribution in [0, 0.1) is 5.41 Å². The van der Waals surface area contributed by atoms with E-state index in [-0.39, 0.29) is 5.41 Å². The molecule has 1 rings (SSSR count). The molecule has 0 aliphatic rings. The minimum atomic E-state index is -0.0123. The first-order chi connectivity index (χ1) is 8.76. The molecule has 0 fully saturated rings. The van der Waals surface area contributed by atoms with Crippen LogP contribution < -0.4 is 0 Å². The van der Waals surface area contributed by atoms with Crippen molar-refractivity contribution in [1.82, 2.24) is 0 Å². The van der Waals surface area contributed by atoms with Crippen molar-refractivity contribution in [3.8, 4) is 0 Å². The Kier molecular flexibility index (Phi) is 7.73. The molecule has 0 aliphatic heterocycles. The van der Waals surface area contributed by atoms with Gasteiger partial charge in [-0.25, -0.2) is 0 Å². The Balaban J connectivity index is 2.56. The quantitative estimate of drug-likeness (QED) is 0.480. The van der Waals surface area contributed by atoms with E-state index in [9.17, 15) is 0 Å². The average molecular weight is 289 g/mol. The van der Waals surface area contributed by atoms with Crippen LogP contribution in [-0.2, 0) is 11.2 Å². The molecule has 0 saturated heterocycles. The highest BCUT2D eigenvalue weighted by molar-refractivity contribution is 6.21. The fraction of sp³-hybridized carbons (Fsp3) is 0.600. The van der Waals surface area contributed by atoms with Gasteiger partial charge in [0.25, 0.3) is 0 Å². The van der Waals surface area contributed by atoms with Gasteiger partial charge in [0.05, 0.1) is 0 Å². The topological polar surface area (TPSA) is 9.23 Å². The van der Waals surface area contributed by atoms with Crippen LogP contribution >= 0.6 is 23.2 Å². The van der Waals surface area contributed by atoms with E-state index >= 15 is 0 Å². The Morgan fingerprint density at radius 1 is 1.11 bits per heavy atom. The monoisotopic (exact) mass is 288 g/mol. The van der Waals surface area contributed by atoms with E-state index in [0.717, 1.165) is 32.5 Å². The first-order valence-electron chi connectivity index (χ1n) is 6.50. The molecule has 0 saturated carbocycles. The van der Waals surface area contributed by atoms with Crippen molar-refractivity contribution in [2.24, 2.45) is 5.41 Å². The van der Waals surface area contributed by atoms with Gasteiger partial charge in [0, 0.05) is 30.4 Å². The predicted octanol–water partition coefficient (Wildman–Crippen LogP) is 4.51. The van der Waals surface area contributed by atoms with E-state index in [0.29, 0.717) is 11.8 Å². The second-order valence-corrected chi connectivity index (χ2v) is 5.26. The summed E-state index contributed by atoms with van der Waals surface area (Å²) >= 11 is 12.3. The van der Waals surface area contributed by atoms with Crippen molar-refractivity contribution in [3.63, 3.8) is 0 Å². The molecule has 0 heterocycles. The van der Waals surface area contributed by atoms with Crippen molar-refractivity contribution in [1.29, 1.82) is 0 Å². The van der Waals surface area contributed by atoms with Crippen LogP contribution in [0.25, 0.3) is 0 Å². The van der Waals surface area contributed by atoms with Crippen LogP contribution in [0.5, 0.6) is 0 Å². The molecule has 0 aromatic heterocycles. The van der Waals surface area contributed by atoms with Crippen LogP contribution in [0.4, 0.5) is 0 Å². The third-order valence-corrected chi connectivity index (χ3v) is 4.32. The number of rotatable bonds is 9. The van der Waals surface area contributed by atoms with Crippen LogP contribution in [0.1, 0.15) is 25.3 Å². The van der Waals surface area contributed by atoms with Gasteiger partial charge in [0.15, 0.2) is 0 Å². The summed E-state index contributed by atoms with van der Waals surface area (Å²) in [6.07, 6.45) is 2.96. The molecule has 0 unspecified atom stereocenters. The normalized spacial score (nSPS) is 11.7. The molecule has 0 aliphatic carbocycles. The number of halogens is 2. The highest BCUT2D eigenvalue weighted by Crippen LogP contribution is 2.32. The zero-order valence-electron chi connectivity index (χ0n) is 11.0. The highest BCUT2D eigenvalue weighted by Gasteiger charge is 2.28. The molecule has 1 nitrogen and oxygen atoms in total. The largest absolute Gasteiger partial charge is 0.382 e.